The third-order valence-electron chi connectivity index (χ3n) is 3.90. The minimum atomic E-state index is 0.446. The quantitative estimate of drug-likeness (QED) is 0.846. The van der Waals surface area contributed by atoms with E-state index >= 15 is 0 Å². The van der Waals surface area contributed by atoms with Crippen LogP contribution in [0.25, 0.3) is 11.2 Å². The van der Waals surface area contributed by atoms with Gasteiger partial charge in [-0.3, -0.25) is 0 Å². The zero-order valence-corrected chi connectivity index (χ0v) is 13.5. The number of hydrogen-bond acceptors (Lipinski definition) is 5. The van der Waals surface area contributed by atoms with Crippen molar-refractivity contribution in [3.63, 3.8) is 0 Å². The number of aryl methyl sites for hydroxylation is 1. The van der Waals surface area contributed by atoms with Crippen molar-refractivity contribution in [3.05, 3.63) is 12.7 Å². The Morgan fingerprint density at radius 2 is 2.00 bits per heavy atom. The number of rotatable bonds is 7. The average Bonchev–Trinajstić information content (AvgIpc) is 2.83. The molecular weight excluding hydrogens is 264 g/mol. The van der Waals surface area contributed by atoms with Gasteiger partial charge in [0, 0.05) is 12.6 Å². The predicted octanol–water partition coefficient (Wildman–Crippen LogP) is 2.17. The van der Waals surface area contributed by atoms with Crippen molar-refractivity contribution in [2.75, 3.05) is 19.3 Å². The Hall–Kier alpha value is -1.69. The highest BCUT2D eigenvalue weighted by Crippen LogP contribution is 2.15. The Labute approximate surface area is 126 Å². The van der Waals surface area contributed by atoms with E-state index in [2.05, 4.69) is 47.7 Å². The Kier molecular flexibility index (Phi) is 5.12. The maximum atomic E-state index is 5.80. The van der Waals surface area contributed by atoms with Crippen LogP contribution < -0.4 is 5.73 Å². The number of imidazole rings is 1. The van der Waals surface area contributed by atoms with E-state index in [9.17, 15) is 0 Å². The first-order valence-electron chi connectivity index (χ1n) is 7.60. The van der Waals surface area contributed by atoms with Gasteiger partial charge >= 0.3 is 0 Å². The Balaban J connectivity index is 1.89. The van der Waals surface area contributed by atoms with Crippen molar-refractivity contribution in [1.82, 2.24) is 24.4 Å². The predicted molar refractivity (Wildman–Crippen MR) is 85.9 cm³/mol. The molecule has 2 rings (SSSR count). The molecule has 0 aliphatic carbocycles. The van der Waals surface area contributed by atoms with Gasteiger partial charge in [0.05, 0.1) is 6.33 Å². The lowest BCUT2D eigenvalue weighted by Crippen LogP contribution is -2.31. The topological polar surface area (TPSA) is 72.9 Å². The summed E-state index contributed by atoms with van der Waals surface area (Å²) in [7, 11) is 2.19. The molecule has 0 spiro atoms. The average molecular weight is 290 g/mol. The van der Waals surface area contributed by atoms with E-state index in [-0.39, 0.29) is 0 Å². The standard InChI is InChI=1S/C15H26N6/c1-11(2)8-12(3)20(4)6-5-7-21-10-19-13-14(16)17-9-18-15(13)21/h9-12H,5-8H2,1-4H3,(H2,16,17,18). The van der Waals surface area contributed by atoms with Crippen LogP contribution in [-0.2, 0) is 6.54 Å². The highest BCUT2D eigenvalue weighted by molar-refractivity contribution is 5.80. The van der Waals surface area contributed by atoms with Gasteiger partial charge in [0.25, 0.3) is 0 Å². The number of fused-ring (bicyclic) bond motifs is 1. The van der Waals surface area contributed by atoms with Crippen LogP contribution in [0.4, 0.5) is 5.82 Å². The highest BCUT2D eigenvalue weighted by atomic mass is 15.1. The van der Waals surface area contributed by atoms with Crippen LogP contribution in [0.2, 0.25) is 0 Å². The van der Waals surface area contributed by atoms with Crippen molar-refractivity contribution in [2.45, 2.75) is 46.2 Å². The molecule has 0 amide bonds. The summed E-state index contributed by atoms with van der Waals surface area (Å²) in [5, 5.41) is 0. The number of anilines is 1. The zero-order chi connectivity index (χ0) is 15.4. The van der Waals surface area contributed by atoms with Crippen LogP contribution in [0.3, 0.4) is 0 Å². The second kappa shape index (κ2) is 6.85. The third kappa shape index (κ3) is 3.91. The Morgan fingerprint density at radius 3 is 2.71 bits per heavy atom. The molecule has 0 aliphatic rings. The van der Waals surface area contributed by atoms with Gasteiger partial charge in [0.15, 0.2) is 11.5 Å². The normalized spacial score (nSPS) is 13.4. The number of hydrogen-bond donors (Lipinski definition) is 1. The summed E-state index contributed by atoms with van der Waals surface area (Å²) in [4.78, 5) is 14.9. The van der Waals surface area contributed by atoms with Crippen molar-refractivity contribution in [2.24, 2.45) is 5.92 Å². The minimum Gasteiger partial charge on any atom is -0.382 e. The van der Waals surface area contributed by atoms with E-state index in [0.29, 0.717) is 17.4 Å². The first-order valence-corrected chi connectivity index (χ1v) is 7.60. The number of nitrogens with zero attached hydrogens (tertiary/aromatic N) is 5. The molecule has 116 valence electrons. The van der Waals surface area contributed by atoms with Gasteiger partial charge in [-0.25, -0.2) is 15.0 Å². The molecule has 0 aromatic carbocycles. The van der Waals surface area contributed by atoms with E-state index < -0.39 is 0 Å². The molecule has 0 aliphatic heterocycles. The molecular formula is C15H26N6. The smallest absolute Gasteiger partial charge is 0.165 e. The van der Waals surface area contributed by atoms with Crippen LogP contribution in [0.15, 0.2) is 12.7 Å². The zero-order valence-electron chi connectivity index (χ0n) is 13.5. The van der Waals surface area contributed by atoms with E-state index in [4.69, 9.17) is 5.73 Å². The lowest BCUT2D eigenvalue weighted by Gasteiger charge is -2.26. The molecule has 2 N–H and O–H groups in total. The van der Waals surface area contributed by atoms with Crippen LogP contribution in [0, 0.1) is 5.92 Å². The van der Waals surface area contributed by atoms with Crippen molar-refractivity contribution >= 4 is 17.0 Å². The van der Waals surface area contributed by atoms with E-state index in [1.807, 2.05) is 4.57 Å². The second-order valence-electron chi connectivity index (χ2n) is 6.18. The van der Waals surface area contributed by atoms with E-state index in [1.54, 1.807) is 6.33 Å². The van der Waals surface area contributed by atoms with Crippen molar-refractivity contribution in [1.29, 1.82) is 0 Å². The van der Waals surface area contributed by atoms with Crippen molar-refractivity contribution in [3.8, 4) is 0 Å². The van der Waals surface area contributed by atoms with Gasteiger partial charge in [0.1, 0.15) is 11.8 Å². The maximum absolute atomic E-state index is 5.80. The number of nitrogens with two attached hydrogens (primary N) is 1. The van der Waals surface area contributed by atoms with E-state index in [0.717, 1.165) is 31.1 Å². The molecule has 0 bridgehead atoms. The van der Waals surface area contributed by atoms with Gasteiger partial charge in [-0.05, 0) is 39.3 Å². The summed E-state index contributed by atoms with van der Waals surface area (Å²) >= 11 is 0. The fourth-order valence-electron chi connectivity index (χ4n) is 2.64. The summed E-state index contributed by atoms with van der Waals surface area (Å²) in [6.45, 7) is 8.79. The van der Waals surface area contributed by atoms with Gasteiger partial charge in [-0.15, -0.1) is 0 Å². The van der Waals surface area contributed by atoms with Crippen LogP contribution in [0.5, 0.6) is 0 Å². The van der Waals surface area contributed by atoms with Gasteiger partial charge < -0.3 is 15.2 Å². The Morgan fingerprint density at radius 1 is 1.24 bits per heavy atom. The molecule has 0 fully saturated rings. The van der Waals surface area contributed by atoms with Gasteiger partial charge in [0.2, 0.25) is 0 Å². The summed E-state index contributed by atoms with van der Waals surface area (Å²) in [6.07, 6.45) is 5.59. The molecule has 2 heterocycles. The summed E-state index contributed by atoms with van der Waals surface area (Å²) < 4.78 is 2.05. The molecule has 6 heteroatoms. The number of aromatic nitrogens is 4. The second-order valence-corrected chi connectivity index (χ2v) is 6.18. The van der Waals surface area contributed by atoms with E-state index in [1.165, 1.54) is 12.7 Å². The molecule has 1 unspecified atom stereocenters. The first kappa shape index (κ1) is 15.7. The fourth-order valence-corrected chi connectivity index (χ4v) is 2.64. The summed E-state index contributed by atoms with van der Waals surface area (Å²) in [5.74, 6) is 1.18. The molecule has 0 radical (unpaired) electrons. The minimum absolute atomic E-state index is 0.446. The Bertz CT molecular complexity index is 577. The summed E-state index contributed by atoms with van der Waals surface area (Å²) in [5.41, 5.74) is 7.31. The highest BCUT2D eigenvalue weighted by Gasteiger charge is 2.11. The third-order valence-corrected chi connectivity index (χ3v) is 3.90. The molecule has 2 aromatic heterocycles. The maximum Gasteiger partial charge on any atom is 0.165 e. The van der Waals surface area contributed by atoms with Crippen LogP contribution in [-0.4, -0.2) is 44.1 Å². The van der Waals surface area contributed by atoms with Gasteiger partial charge in [-0.2, -0.15) is 0 Å². The summed E-state index contributed by atoms with van der Waals surface area (Å²) in [6, 6.07) is 0.613. The van der Waals surface area contributed by atoms with Crippen molar-refractivity contribution < 1.29 is 0 Å². The first-order chi connectivity index (χ1) is 9.99. The molecule has 0 saturated heterocycles. The lowest BCUT2D eigenvalue weighted by molar-refractivity contribution is 0.223. The molecule has 21 heavy (non-hydrogen) atoms. The lowest BCUT2D eigenvalue weighted by atomic mass is 10.0. The number of nitrogen functional groups attached to an aromatic ring is 1. The fraction of sp³-hybridized carbons (Fsp3) is 0.667. The molecule has 1 atom stereocenters. The monoisotopic (exact) mass is 290 g/mol. The molecule has 6 nitrogen and oxygen atoms in total. The molecule has 0 saturated carbocycles. The molecule has 2 aromatic rings. The largest absolute Gasteiger partial charge is 0.382 e. The van der Waals surface area contributed by atoms with Crippen LogP contribution >= 0.6 is 0 Å². The SMILES string of the molecule is CC(C)CC(C)N(C)CCCn1cnc2c(N)ncnc21. The van der Waals surface area contributed by atoms with Crippen LogP contribution in [0.1, 0.15) is 33.6 Å². The van der Waals surface area contributed by atoms with Gasteiger partial charge in [-0.1, -0.05) is 13.8 Å².